The molecular weight excluding hydrogens is 407 g/mol. The van der Waals surface area contributed by atoms with Gasteiger partial charge in [-0.1, -0.05) is 24.3 Å². The SMILES string of the molecule is O=C(NNC(=O)C1COc2ccccc2O1)C1=NN(Cc2ccc(F)cc2)C(=O)CC1. The molecule has 0 saturated carbocycles. The average Bonchev–Trinajstić information content (AvgIpc) is 2.79. The van der Waals surface area contributed by atoms with Crippen molar-refractivity contribution < 1.29 is 28.2 Å². The highest BCUT2D eigenvalue weighted by Gasteiger charge is 2.29. The number of rotatable bonds is 4. The van der Waals surface area contributed by atoms with E-state index in [9.17, 15) is 18.8 Å². The first-order valence-corrected chi connectivity index (χ1v) is 9.60. The molecule has 1 atom stereocenters. The van der Waals surface area contributed by atoms with Crippen molar-refractivity contribution in [3.05, 3.63) is 59.9 Å². The van der Waals surface area contributed by atoms with Crippen LogP contribution in [0.15, 0.2) is 53.6 Å². The van der Waals surface area contributed by atoms with Crippen molar-refractivity contribution in [2.45, 2.75) is 25.5 Å². The molecule has 4 rings (SSSR count). The molecule has 2 aromatic carbocycles. The quantitative estimate of drug-likeness (QED) is 0.716. The van der Waals surface area contributed by atoms with Crippen LogP contribution in [-0.4, -0.2) is 41.2 Å². The zero-order valence-corrected chi connectivity index (χ0v) is 16.3. The van der Waals surface area contributed by atoms with Crippen LogP contribution in [0.4, 0.5) is 4.39 Å². The Kier molecular flexibility index (Phi) is 5.78. The van der Waals surface area contributed by atoms with E-state index in [1.807, 2.05) is 0 Å². The molecule has 0 aromatic heterocycles. The van der Waals surface area contributed by atoms with Gasteiger partial charge in [-0.05, 0) is 29.8 Å². The van der Waals surface area contributed by atoms with Gasteiger partial charge < -0.3 is 9.47 Å². The van der Waals surface area contributed by atoms with Gasteiger partial charge in [0, 0.05) is 12.8 Å². The second-order valence-electron chi connectivity index (χ2n) is 6.93. The first kappa shape index (κ1) is 20.3. The number of halogens is 1. The zero-order valence-electron chi connectivity index (χ0n) is 16.3. The molecule has 2 aliphatic rings. The van der Waals surface area contributed by atoms with Gasteiger partial charge in [0.25, 0.3) is 11.8 Å². The molecule has 0 saturated heterocycles. The topological polar surface area (TPSA) is 109 Å². The number of hydrogen-bond acceptors (Lipinski definition) is 6. The summed E-state index contributed by atoms with van der Waals surface area (Å²) < 4.78 is 24.1. The second kappa shape index (κ2) is 8.82. The Morgan fingerprint density at radius 3 is 2.58 bits per heavy atom. The molecule has 2 aromatic rings. The normalized spacial score (nSPS) is 17.6. The number of nitrogens with one attached hydrogen (secondary N) is 2. The third kappa shape index (κ3) is 4.80. The van der Waals surface area contributed by atoms with Crippen molar-refractivity contribution in [2.75, 3.05) is 6.61 Å². The van der Waals surface area contributed by atoms with Crippen LogP contribution in [0, 0.1) is 5.82 Å². The summed E-state index contributed by atoms with van der Waals surface area (Å²) in [5, 5.41) is 5.24. The fourth-order valence-electron chi connectivity index (χ4n) is 3.07. The first-order valence-electron chi connectivity index (χ1n) is 9.60. The Labute approximate surface area is 176 Å². The van der Waals surface area contributed by atoms with E-state index in [1.54, 1.807) is 24.3 Å². The highest BCUT2D eigenvalue weighted by atomic mass is 19.1. The van der Waals surface area contributed by atoms with E-state index < -0.39 is 17.9 Å². The summed E-state index contributed by atoms with van der Waals surface area (Å²) in [5.74, 6) is -0.884. The summed E-state index contributed by atoms with van der Waals surface area (Å²) in [5.41, 5.74) is 5.34. The molecule has 3 amide bonds. The number of hydrazine groups is 1. The van der Waals surface area contributed by atoms with Crippen molar-refractivity contribution in [3.63, 3.8) is 0 Å². The van der Waals surface area contributed by atoms with E-state index in [4.69, 9.17) is 9.47 Å². The van der Waals surface area contributed by atoms with Crippen molar-refractivity contribution in [2.24, 2.45) is 5.10 Å². The summed E-state index contributed by atoms with van der Waals surface area (Å²) in [7, 11) is 0. The number of carbonyl (C=O) groups excluding carboxylic acids is 3. The van der Waals surface area contributed by atoms with Crippen LogP contribution >= 0.6 is 0 Å². The Morgan fingerprint density at radius 1 is 1.06 bits per heavy atom. The van der Waals surface area contributed by atoms with Crippen molar-refractivity contribution in [3.8, 4) is 11.5 Å². The van der Waals surface area contributed by atoms with Crippen LogP contribution in [-0.2, 0) is 20.9 Å². The molecule has 1 unspecified atom stereocenters. The van der Waals surface area contributed by atoms with E-state index in [-0.39, 0.29) is 43.4 Å². The zero-order chi connectivity index (χ0) is 21.8. The lowest BCUT2D eigenvalue weighted by atomic mass is 10.1. The number of nitrogens with zero attached hydrogens (tertiary/aromatic N) is 2. The third-order valence-corrected chi connectivity index (χ3v) is 4.71. The number of fused-ring (bicyclic) bond motifs is 1. The van der Waals surface area contributed by atoms with Crippen molar-refractivity contribution in [1.82, 2.24) is 15.9 Å². The molecule has 0 fully saturated rings. The van der Waals surface area contributed by atoms with E-state index >= 15 is 0 Å². The van der Waals surface area contributed by atoms with Crippen LogP contribution in [0.3, 0.4) is 0 Å². The molecule has 0 spiro atoms. The molecular formula is C21H19FN4O5. The molecule has 2 aliphatic heterocycles. The number of hydrazone groups is 1. The number of carbonyl (C=O) groups is 3. The Bertz CT molecular complexity index is 1040. The minimum atomic E-state index is -0.931. The maximum absolute atomic E-state index is 13.1. The molecule has 0 radical (unpaired) electrons. The van der Waals surface area contributed by atoms with Crippen LogP contribution in [0.2, 0.25) is 0 Å². The fourth-order valence-corrected chi connectivity index (χ4v) is 3.07. The predicted molar refractivity (Wildman–Crippen MR) is 106 cm³/mol. The highest BCUT2D eigenvalue weighted by Crippen LogP contribution is 2.30. The van der Waals surface area contributed by atoms with E-state index in [2.05, 4.69) is 16.0 Å². The van der Waals surface area contributed by atoms with Crippen LogP contribution in [0.25, 0.3) is 0 Å². The molecule has 160 valence electrons. The van der Waals surface area contributed by atoms with Gasteiger partial charge in [0.15, 0.2) is 11.5 Å². The van der Waals surface area contributed by atoms with E-state index in [0.29, 0.717) is 17.1 Å². The van der Waals surface area contributed by atoms with Crippen LogP contribution < -0.4 is 20.3 Å². The highest BCUT2D eigenvalue weighted by molar-refractivity contribution is 6.39. The minimum Gasteiger partial charge on any atom is -0.485 e. The number of benzene rings is 2. The van der Waals surface area contributed by atoms with E-state index in [1.165, 1.54) is 24.3 Å². The van der Waals surface area contributed by atoms with Crippen molar-refractivity contribution in [1.29, 1.82) is 0 Å². The molecule has 31 heavy (non-hydrogen) atoms. The van der Waals surface area contributed by atoms with Gasteiger partial charge in [-0.2, -0.15) is 5.10 Å². The van der Waals surface area contributed by atoms with Gasteiger partial charge in [0.2, 0.25) is 12.0 Å². The van der Waals surface area contributed by atoms with Gasteiger partial charge >= 0.3 is 0 Å². The second-order valence-corrected chi connectivity index (χ2v) is 6.93. The summed E-state index contributed by atoms with van der Waals surface area (Å²) in [6.45, 7) is 0.106. The molecule has 2 heterocycles. The van der Waals surface area contributed by atoms with Crippen LogP contribution in [0.5, 0.6) is 11.5 Å². The fraction of sp³-hybridized carbons (Fsp3) is 0.238. The smallest absolute Gasteiger partial charge is 0.285 e. The maximum Gasteiger partial charge on any atom is 0.285 e. The lowest BCUT2D eigenvalue weighted by molar-refractivity contribution is -0.134. The molecule has 2 N–H and O–H groups in total. The van der Waals surface area contributed by atoms with E-state index in [0.717, 1.165) is 5.01 Å². The Balaban J connectivity index is 1.34. The monoisotopic (exact) mass is 426 g/mol. The molecule has 0 aliphatic carbocycles. The Morgan fingerprint density at radius 2 is 1.81 bits per heavy atom. The van der Waals surface area contributed by atoms with Gasteiger partial charge in [-0.15, -0.1) is 0 Å². The van der Waals surface area contributed by atoms with Gasteiger partial charge in [0.1, 0.15) is 18.1 Å². The standard InChI is InChI=1S/C21H19FN4O5/c22-14-7-5-13(6-8-14)11-26-19(27)10-9-15(25-26)20(28)23-24-21(29)18-12-30-16-3-1-2-4-17(16)31-18/h1-8,18H,9-12H2,(H,23,28)(H,24,29). The average molecular weight is 426 g/mol. The number of amides is 3. The predicted octanol–water partition coefficient (Wildman–Crippen LogP) is 1.29. The number of hydrogen-bond donors (Lipinski definition) is 2. The molecule has 9 nitrogen and oxygen atoms in total. The summed E-state index contributed by atoms with van der Waals surface area (Å²) in [6.07, 6.45) is -0.700. The lowest BCUT2D eigenvalue weighted by Crippen LogP contribution is -2.52. The van der Waals surface area contributed by atoms with Gasteiger partial charge in [0.05, 0.1) is 6.54 Å². The van der Waals surface area contributed by atoms with Crippen LogP contribution in [0.1, 0.15) is 18.4 Å². The number of para-hydroxylation sites is 2. The number of ether oxygens (including phenoxy) is 2. The molecule has 0 bridgehead atoms. The van der Waals surface area contributed by atoms with Gasteiger partial charge in [-0.25, -0.2) is 9.40 Å². The Hall–Kier alpha value is -3.95. The lowest BCUT2D eigenvalue weighted by Gasteiger charge is -2.26. The maximum atomic E-state index is 13.1. The summed E-state index contributed by atoms with van der Waals surface area (Å²) >= 11 is 0. The van der Waals surface area contributed by atoms with Gasteiger partial charge in [-0.3, -0.25) is 25.2 Å². The third-order valence-electron chi connectivity index (χ3n) is 4.71. The summed E-state index contributed by atoms with van der Waals surface area (Å²) in [4.78, 5) is 36.9. The molecule has 10 heteroatoms. The van der Waals surface area contributed by atoms with Crippen molar-refractivity contribution >= 4 is 23.4 Å². The summed E-state index contributed by atoms with van der Waals surface area (Å²) in [6, 6.07) is 12.6. The minimum absolute atomic E-state index is 0.000384. The largest absolute Gasteiger partial charge is 0.485 e. The first-order chi connectivity index (χ1) is 15.0.